The third kappa shape index (κ3) is 4.04. The van der Waals surface area contributed by atoms with Crippen LogP contribution in [0.2, 0.25) is 0 Å². The van der Waals surface area contributed by atoms with E-state index < -0.39 is 0 Å². The fourth-order valence-corrected chi connectivity index (χ4v) is 2.47. The number of alkyl halides is 1. The summed E-state index contributed by atoms with van der Waals surface area (Å²) in [6, 6.07) is 4.86. The fraction of sp³-hybridized carbons (Fsp3) is 0.462. The van der Waals surface area contributed by atoms with Gasteiger partial charge in [-0.1, -0.05) is 15.9 Å². The van der Waals surface area contributed by atoms with Crippen LogP contribution in [0, 0.1) is 6.92 Å². The van der Waals surface area contributed by atoms with Crippen LogP contribution in [0.5, 0.6) is 5.75 Å². The zero-order chi connectivity index (χ0) is 13.1. The summed E-state index contributed by atoms with van der Waals surface area (Å²) in [5.41, 5.74) is 1.03. The molecule has 0 saturated heterocycles. The summed E-state index contributed by atoms with van der Waals surface area (Å²) in [5, 5.41) is 13.2. The molecule has 0 aliphatic rings. The van der Waals surface area contributed by atoms with Gasteiger partial charge in [0.25, 0.3) is 5.91 Å². The quantitative estimate of drug-likeness (QED) is 0.840. The van der Waals surface area contributed by atoms with Gasteiger partial charge in [-0.3, -0.25) is 4.79 Å². The van der Waals surface area contributed by atoms with E-state index >= 15 is 0 Å². The number of aryl methyl sites for hydroxylation is 1. The second-order valence-corrected chi connectivity index (χ2v) is 5.57. The van der Waals surface area contributed by atoms with Gasteiger partial charge in [-0.15, -0.1) is 0 Å². The van der Waals surface area contributed by atoms with Gasteiger partial charge in [0.15, 0.2) is 0 Å². The zero-order valence-corrected chi connectivity index (χ0v) is 12.0. The lowest BCUT2D eigenvalue weighted by atomic mass is 10.0. The number of phenols is 1. The van der Waals surface area contributed by atoms with Gasteiger partial charge in [0, 0.05) is 16.4 Å². The highest BCUT2D eigenvalue weighted by Crippen LogP contribution is 2.18. The van der Waals surface area contributed by atoms with Gasteiger partial charge in [-0.25, -0.2) is 0 Å². The molecule has 4 heteroatoms. The highest BCUT2D eigenvalue weighted by atomic mass is 79.9. The molecule has 1 amide bonds. The van der Waals surface area contributed by atoms with E-state index in [2.05, 4.69) is 21.2 Å². The smallest absolute Gasteiger partial charge is 0.251 e. The molecule has 0 heterocycles. The molecule has 1 rings (SSSR count). The molecule has 0 fully saturated rings. The minimum atomic E-state index is -0.244. The Morgan fingerprint density at radius 2 is 2.12 bits per heavy atom. The van der Waals surface area contributed by atoms with Crippen LogP contribution in [0.25, 0.3) is 0 Å². The highest BCUT2D eigenvalue weighted by Gasteiger charge is 2.20. The molecule has 2 N–H and O–H groups in total. The van der Waals surface area contributed by atoms with Crippen molar-refractivity contribution in [2.45, 2.75) is 32.7 Å². The number of rotatable bonds is 4. The molecule has 0 bridgehead atoms. The van der Waals surface area contributed by atoms with Gasteiger partial charge in [0.2, 0.25) is 0 Å². The lowest BCUT2D eigenvalue weighted by Crippen LogP contribution is -2.43. The molecule has 0 unspecified atom stereocenters. The average molecular weight is 300 g/mol. The Kier molecular flexibility index (Phi) is 4.57. The van der Waals surface area contributed by atoms with Gasteiger partial charge in [-0.05, 0) is 51.0 Å². The van der Waals surface area contributed by atoms with E-state index in [9.17, 15) is 9.90 Å². The number of carbonyl (C=O) groups excluding carboxylic acids is 1. The van der Waals surface area contributed by atoms with Crippen molar-refractivity contribution in [2.75, 3.05) is 5.33 Å². The SMILES string of the molecule is Cc1cc(C(=O)NC(C)(C)CCBr)ccc1O. The van der Waals surface area contributed by atoms with Crippen LogP contribution in [0.3, 0.4) is 0 Å². The molecule has 0 spiro atoms. The summed E-state index contributed by atoms with van der Waals surface area (Å²) in [7, 11) is 0. The van der Waals surface area contributed by atoms with Crippen LogP contribution in [0.15, 0.2) is 18.2 Å². The topological polar surface area (TPSA) is 49.3 Å². The Bertz CT molecular complexity index is 416. The third-order valence-electron chi connectivity index (χ3n) is 2.63. The molecule has 3 nitrogen and oxygen atoms in total. The fourth-order valence-electron chi connectivity index (χ4n) is 1.47. The molecular formula is C13H18BrNO2. The maximum Gasteiger partial charge on any atom is 0.251 e. The minimum Gasteiger partial charge on any atom is -0.508 e. The van der Waals surface area contributed by atoms with E-state index in [0.29, 0.717) is 11.1 Å². The van der Waals surface area contributed by atoms with E-state index in [1.54, 1.807) is 25.1 Å². The Labute approximate surface area is 110 Å². The maximum absolute atomic E-state index is 12.0. The van der Waals surface area contributed by atoms with Crippen molar-refractivity contribution >= 4 is 21.8 Å². The second-order valence-electron chi connectivity index (χ2n) is 4.78. The third-order valence-corrected chi connectivity index (χ3v) is 3.03. The number of halogens is 1. The number of phenolic OH excluding ortho intramolecular Hbond substituents is 1. The number of hydrogen-bond donors (Lipinski definition) is 2. The van der Waals surface area contributed by atoms with Crippen molar-refractivity contribution < 1.29 is 9.90 Å². The Balaban J connectivity index is 2.80. The molecule has 1 aromatic carbocycles. The van der Waals surface area contributed by atoms with Crippen molar-refractivity contribution in [2.24, 2.45) is 0 Å². The number of carbonyl (C=O) groups is 1. The van der Waals surface area contributed by atoms with Crippen LogP contribution < -0.4 is 5.32 Å². The molecule has 0 aliphatic carbocycles. The van der Waals surface area contributed by atoms with Gasteiger partial charge in [0.05, 0.1) is 0 Å². The Morgan fingerprint density at radius 3 is 2.65 bits per heavy atom. The predicted molar refractivity (Wildman–Crippen MR) is 72.8 cm³/mol. The summed E-state index contributed by atoms with van der Waals surface area (Å²) in [6.45, 7) is 5.74. The van der Waals surface area contributed by atoms with Crippen molar-refractivity contribution in [3.63, 3.8) is 0 Å². The van der Waals surface area contributed by atoms with Crippen LogP contribution in [-0.2, 0) is 0 Å². The van der Waals surface area contributed by atoms with Gasteiger partial charge < -0.3 is 10.4 Å². The number of aromatic hydroxyl groups is 1. The summed E-state index contributed by atoms with van der Waals surface area (Å²) in [5.74, 6) is 0.0975. The standard InChI is InChI=1S/C13H18BrNO2/c1-9-8-10(4-5-11(9)16)12(17)15-13(2,3)6-7-14/h4-5,8,16H,6-7H2,1-3H3,(H,15,17). The first kappa shape index (κ1) is 14.0. The van der Waals surface area contributed by atoms with Crippen LogP contribution in [-0.4, -0.2) is 21.9 Å². The summed E-state index contributed by atoms with van der Waals surface area (Å²) in [4.78, 5) is 12.0. The summed E-state index contributed by atoms with van der Waals surface area (Å²) in [6.07, 6.45) is 0.857. The normalized spacial score (nSPS) is 11.3. The van der Waals surface area contributed by atoms with Crippen molar-refractivity contribution in [3.8, 4) is 5.75 Å². The monoisotopic (exact) mass is 299 g/mol. The first-order chi connectivity index (χ1) is 7.85. The molecular weight excluding hydrogens is 282 g/mol. The number of nitrogens with one attached hydrogen (secondary N) is 1. The van der Waals surface area contributed by atoms with E-state index in [-0.39, 0.29) is 17.2 Å². The van der Waals surface area contributed by atoms with E-state index in [1.807, 2.05) is 13.8 Å². The number of benzene rings is 1. The predicted octanol–water partition coefficient (Wildman–Crippen LogP) is 2.99. The summed E-state index contributed by atoms with van der Waals surface area (Å²) >= 11 is 3.37. The van der Waals surface area contributed by atoms with E-state index in [1.165, 1.54) is 0 Å². The molecule has 17 heavy (non-hydrogen) atoms. The van der Waals surface area contributed by atoms with Gasteiger partial charge >= 0.3 is 0 Å². The lowest BCUT2D eigenvalue weighted by Gasteiger charge is -2.25. The summed E-state index contributed by atoms with van der Waals surface area (Å²) < 4.78 is 0. The molecule has 0 aromatic heterocycles. The highest BCUT2D eigenvalue weighted by molar-refractivity contribution is 9.09. The van der Waals surface area contributed by atoms with Crippen LogP contribution in [0.1, 0.15) is 36.2 Å². The zero-order valence-electron chi connectivity index (χ0n) is 10.4. The van der Waals surface area contributed by atoms with Gasteiger partial charge in [-0.2, -0.15) is 0 Å². The Morgan fingerprint density at radius 1 is 1.47 bits per heavy atom. The number of amides is 1. The first-order valence-corrected chi connectivity index (χ1v) is 6.66. The Hall–Kier alpha value is -1.03. The van der Waals surface area contributed by atoms with Gasteiger partial charge in [0.1, 0.15) is 5.75 Å². The maximum atomic E-state index is 12.0. The van der Waals surface area contributed by atoms with Crippen molar-refractivity contribution in [1.29, 1.82) is 0 Å². The number of hydrogen-bond acceptors (Lipinski definition) is 2. The molecule has 94 valence electrons. The van der Waals surface area contributed by atoms with E-state index in [0.717, 1.165) is 11.8 Å². The molecule has 0 saturated carbocycles. The first-order valence-electron chi connectivity index (χ1n) is 5.54. The lowest BCUT2D eigenvalue weighted by molar-refractivity contribution is 0.0912. The molecule has 0 aliphatic heterocycles. The van der Waals surface area contributed by atoms with Crippen LogP contribution >= 0.6 is 15.9 Å². The van der Waals surface area contributed by atoms with Crippen LogP contribution in [0.4, 0.5) is 0 Å². The molecule has 0 radical (unpaired) electrons. The molecule has 0 atom stereocenters. The molecule has 1 aromatic rings. The minimum absolute atomic E-state index is 0.112. The van der Waals surface area contributed by atoms with Crippen molar-refractivity contribution in [1.82, 2.24) is 5.32 Å². The van der Waals surface area contributed by atoms with Crippen molar-refractivity contribution in [3.05, 3.63) is 29.3 Å². The average Bonchev–Trinajstić information content (AvgIpc) is 2.21. The second kappa shape index (κ2) is 5.54. The van der Waals surface area contributed by atoms with E-state index in [4.69, 9.17) is 0 Å². The largest absolute Gasteiger partial charge is 0.508 e.